The van der Waals surface area contributed by atoms with Crippen LogP contribution in [0.2, 0.25) is 0 Å². The van der Waals surface area contributed by atoms with Crippen LogP contribution in [0.15, 0.2) is 69.0 Å². The van der Waals surface area contributed by atoms with Gasteiger partial charge in [-0.25, -0.2) is 22.3 Å². The highest BCUT2D eigenvalue weighted by molar-refractivity contribution is 7.92. The summed E-state index contributed by atoms with van der Waals surface area (Å²) in [7, 11) is -4.11. The number of sulfonamides is 1. The molecule has 0 atom stereocenters. The minimum absolute atomic E-state index is 0.0183. The van der Waals surface area contributed by atoms with E-state index in [0.29, 0.717) is 4.57 Å². The Labute approximate surface area is 195 Å². The van der Waals surface area contributed by atoms with Crippen LogP contribution in [0, 0.1) is 5.82 Å². The number of aromatic nitrogens is 1. The maximum absolute atomic E-state index is 15.0. The number of rotatable bonds is 5. The first kappa shape index (κ1) is 22.9. The van der Waals surface area contributed by atoms with E-state index in [0.717, 1.165) is 23.5 Å². The van der Waals surface area contributed by atoms with Gasteiger partial charge in [-0.3, -0.25) is 14.2 Å². The minimum atomic E-state index is -4.11. The Morgan fingerprint density at radius 2 is 1.76 bits per heavy atom. The van der Waals surface area contributed by atoms with Crippen LogP contribution in [0.5, 0.6) is 5.75 Å². The molecule has 0 saturated carbocycles. The van der Waals surface area contributed by atoms with E-state index in [2.05, 4.69) is 5.32 Å². The first-order valence-corrected chi connectivity index (χ1v) is 11.8. The fourth-order valence-electron chi connectivity index (χ4n) is 3.30. The van der Waals surface area contributed by atoms with Gasteiger partial charge >= 0.3 is 6.03 Å². The molecule has 0 aliphatic carbocycles. The summed E-state index contributed by atoms with van der Waals surface area (Å²) in [6.07, 6.45) is 0. The van der Waals surface area contributed by atoms with Crippen molar-refractivity contribution in [1.82, 2.24) is 9.29 Å². The minimum Gasteiger partial charge on any atom is -0.505 e. The summed E-state index contributed by atoms with van der Waals surface area (Å²) in [5.74, 6) is -2.82. The SMILES string of the molecule is NC(=O)c1c(O)c2ccccc2c(=O)n1-c1ccc(NC(=O)NS(=O)(=O)c2cccs2)cc1F. The lowest BCUT2D eigenvalue weighted by atomic mass is 10.1. The van der Waals surface area contributed by atoms with Gasteiger partial charge in [-0.15, -0.1) is 11.3 Å². The van der Waals surface area contributed by atoms with Gasteiger partial charge in [0, 0.05) is 11.1 Å². The fourth-order valence-corrected chi connectivity index (χ4v) is 5.20. The number of amides is 3. The summed E-state index contributed by atoms with van der Waals surface area (Å²) in [6, 6.07) is 10.6. The summed E-state index contributed by atoms with van der Waals surface area (Å²) in [4.78, 5) is 37.2. The number of nitrogens with two attached hydrogens (primary N) is 1. The van der Waals surface area contributed by atoms with Gasteiger partial charge in [0.15, 0.2) is 11.4 Å². The van der Waals surface area contributed by atoms with E-state index in [9.17, 15) is 27.9 Å². The van der Waals surface area contributed by atoms with Gasteiger partial charge in [-0.2, -0.15) is 0 Å². The third-order valence-electron chi connectivity index (χ3n) is 4.73. The number of nitrogens with one attached hydrogen (secondary N) is 2. The third kappa shape index (κ3) is 4.09. The molecule has 10 nitrogen and oxygen atoms in total. The molecule has 0 spiro atoms. The number of halogens is 1. The monoisotopic (exact) mass is 502 g/mol. The first-order chi connectivity index (χ1) is 16.1. The van der Waals surface area contributed by atoms with Crippen molar-refractivity contribution >= 4 is 49.8 Å². The third-order valence-corrected chi connectivity index (χ3v) is 7.46. The predicted octanol–water partition coefficient (Wildman–Crippen LogP) is 2.51. The number of aromatic hydroxyl groups is 1. The van der Waals surface area contributed by atoms with Gasteiger partial charge < -0.3 is 16.2 Å². The molecule has 0 fully saturated rings. The first-order valence-electron chi connectivity index (χ1n) is 9.44. The van der Waals surface area contributed by atoms with Crippen molar-refractivity contribution < 1.29 is 27.5 Å². The lowest BCUT2D eigenvalue weighted by molar-refractivity contribution is 0.0990. The molecule has 174 valence electrons. The number of urea groups is 1. The fraction of sp³-hybridized carbons (Fsp3) is 0. The van der Waals surface area contributed by atoms with Crippen LogP contribution in [-0.4, -0.2) is 30.0 Å². The van der Waals surface area contributed by atoms with Crippen LogP contribution in [0.3, 0.4) is 0 Å². The maximum atomic E-state index is 15.0. The second-order valence-electron chi connectivity index (χ2n) is 6.91. The van der Waals surface area contributed by atoms with Crippen molar-refractivity contribution in [2.75, 3.05) is 5.32 Å². The molecule has 0 unspecified atom stereocenters. The topological polar surface area (TPSA) is 161 Å². The Bertz CT molecular complexity index is 1610. The molecule has 0 bridgehead atoms. The molecule has 0 aliphatic heterocycles. The number of benzene rings is 2. The van der Waals surface area contributed by atoms with Gasteiger partial charge in [-0.1, -0.05) is 24.3 Å². The van der Waals surface area contributed by atoms with Crippen LogP contribution in [0.1, 0.15) is 10.5 Å². The molecule has 2 heterocycles. The molecule has 2 aromatic heterocycles. The highest BCUT2D eigenvalue weighted by atomic mass is 32.2. The van der Waals surface area contributed by atoms with Gasteiger partial charge in [0.25, 0.3) is 21.5 Å². The van der Waals surface area contributed by atoms with Crippen molar-refractivity contribution in [2.24, 2.45) is 5.73 Å². The number of pyridine rings is 1. The number of thiophene rings is 1. The zero-order valence-electron chi connectivity index (χ0n) is 17.0. The lowest BCUT2D eigenvalue weighted by Gasteiger charge is -2.16. The van der Waals surface area contributed by atoms with Gasteiger partial charge in [0.1, 0.15) is 10.0 Å². The molecular weight excluding hydrogens is 487 g/mol. The van der Waals surface area contributed by atoms with E-state index < -0.39 is 50.5 Å². The molecule has 34 heavy (non-hydrogen) atoms. The highest BCUT2D eigenvalue weighted by Crippen LogP contribution is 2.29. The largest absolute Gasteiger partial charge is 0.505 e. The highest BCUT2D eigenvalue weighted by Gasteiger charge is 2.23. The molecular formula is C21H15FN4O6S2. The summed E-state index contributed by atoms with van der Waals surface area (Å²) in [5.41, 5.74) is 3.37. The second kappa shape index (κ2) is 8.61. The molecule has 0 saturated heterocycles. The Kier molecular flexibility index (Phi) is 5.81. The van der Waals surface area contributed by atoms with Crippen molar-refractivity contribution in [3.05, 3.63) is 81.8 Å². The van der Waals surface area contributed by atoms with Crippen LogP contribution in [0.4, 0.5) is 14.9 Å². The molecule has 13 heteroatoms. The zero-order chi connectivity index (χ0) is 24.6. The van der Waals surface area contributed by atoms with E-state index in [1.54, 1.807) is 10.8 Å². The molecule has 0 aliphatic rings. The number of hydrogen-bond donors (Lipinski definition) is 4. The number of carbonyl (C=O) groups is 2. The number of nitrogens with zero attached hydrogens (tertiary/aromatic N) is 1. The van der Waals surface area contributed by atoms with E-state index in [-0.39, 0.29) is 20.7 Å². The summed E-state index contributed by atoms with van der Waals surface area (Å²) < 4.78 is 41.6. The van der Waals surface area contributed by atoms with Gasteiger partial charge in [-0.05, 0) is 35.7 Å². The number of fused-ring (bicyclic) bond motifs is 1. The lowest BCUT2D eigenvalue weighted by Crippen LogP contribution is -2.34. The standard InChI is InChI=1S/C21H15FN4O6S2/c22-14-10-11(24-21(30)25-34(31,32)16-6-3-9-33-16)7-8-15(14)26-17(19(23)28)18(27)12-4-1-2-5-13(12)20(26)29/h1-10,27H,(H2,23,28)(H2,24,25,30). The summed E-state index contributed by atoms with van der Waals surface area (Å²) in [5, 5.41) is 14.3. The van der Waals surface area contributed by atoms with Crippen LogP contribution in [0.25, 0.3) is 16.5 Å². The average Bonchev–Trinajstić information content (AvgIpc) is 3.32. The van der Waals surface area contributed by atoms with Crippen molar-refractivity contribution in [1.29, 1.82) is 0 Å². The van der Waals surface area contributed by atoms with Gasteiger partial charge in [0.05, 0.1) is 11.1 Å². The van der Waals surface area contributed by atoms with E-state index in [4.69, 9.17) is 5.73 Å². The number of carbonyl (C=O) groups excluding carboxylic acids is 2. The van der Waals surface area contributed by atoms with Crippen molar-refractivity contribution in [2.45, 2.75) is 4.21 Å². The summed E-state index contributed by atoms with van der Waals surface area (Å²) >= 11 is 0.906. The van der Waals surface area contributed by atoms with Crippen LogP contribution >= 0.6 is 11.3 Å². The molecule has 4 rings (SSSR count). The van der Waals surface area contributed by atoms with Crippen LogP contribution < -0.4 is 21.3 Å². The number of hydrogen-bond acceptors (Lipinski definition) is 7. The van der Waals surface area contributed by atoms with E-state index in [1.807, 2.05) is 0 Å². The Hall–Kier alpha value is -4.23. The Morgan fingerprint density at radius 3 is 2.38 bits per heavy atom. The maximum Gasteiger partial charge on any atom is 0.333 e. The van der Waals surface area contributed by atoms with Crippen molar-refractivity contribution in [3.8, 4) is 11.4 Å². The molecule has 5 N–H and O–H groups in total. The Balaban J connectivity index is 1.71. The molecule has 2 aromatic carbocycles. The Morgan fingerprint density at radius 1 is 1.06 bits per heavy atom. The average molecular weight is 503 g/mol. The molecule has 4 aromatic rings. The molecule has 3 amide bonds. The smallest absolute Gasteiger partial charge is 0.333 e. The van der Waals surface area contributed by atoms with E-state index >= 15 is 4.39 Å². The van der Waals surface area contributed by atoms with E-state index in [1.165, 1.54) is 41.8 Å². The van der Waals surface area contributed by atoms with Crippen molar-refractivity contribution in [3.63, 3.8) is 0 Å². The quantitative estimate of drug-likeness (QED) is 0.328. The van der Waals surface area contributed by atoms with Gasteiger partial charge in [0.2, 0.25) is 0 Å². The number of primary amides is 1. The second-order valence-corrected chi connectivity index (χ2v) is 9.76. The predicted molar refractivity (Wildman–Crippen MR) is 123 cm³/mol. The number of anilines is 1. The zero-order valence-corrected chi connectivity index (χ0v) is 18.6. The van der Waals surface area contributed by atoms with Crippen LogP contribution in [-0.2, 0) is 10.0 Å². The summed E-state index contributed by atoms with van der Waals surface area (Å²) in [6.45, 7) is 0. The molecule has 0 radical (unpaired) electrons. The normalized spacial score (nSPS) is 11.3.